The number of rotatable bonds is 9. The molecule has 4 amide bonds. The zero-order valence-corrected chi connectivity index (χ0v) is 30.9. The molecule has 0 aliphatic carbocycles. The van der Waals surface area contributed by atoms with E-state index in [1.165, 1.54) is 15.7 Å². The first kappa shape index (κ1) is 38.6. The van der Waals surface area contributed by atoms with Gasteiger partial charge in [-0.15, -0.1) is 5.10 Å². The van der Waals surface area contributed by atoms with E-state index in [9.17, 15) is 19.2 Å². The number of aryl methyl sites for hydroxylation is 2. The molecule has 16 nitrogen and oxygen atoms in total. The van der Waals surface area contributed by atoms with Gasteiger partial charge >= 0.3 is 0 Å². The Kier molecular flexibility index (Phi) is 13.2. The van der Waals surface area contributed by atoms with Crippen LogP contribution in [0.5, 0.6) is 5.75 Å². The normalized spacial score (nSPS) is 20.2. The average Bonchev–Trinajstić information content (AvgIpc) is 3.77. The molecule has 4 N–H and O–H groups in total. The number of nitrogens with one attached hydrogen (secondary N) is 4. The van der Waals surface area contributed by atoms with Crippen molar-refractivity contribution in [3.8, 4) is 5.75 Å². The molecule has 2 aromatic carbocycles. The predicted molar refractivity (Wildman–Crippen MR) is 194 cm³/mol. The number of hydrogen-bond acceptors (Lipinski definition) is 10. The second-order valence-corrected chi connectivity index (χ2v) is 14.2. The molecule has 282 valence electrons. The highest BCUT2D eigenvalue weighted by Gasteiger charge is 2.32. The van der Waals surface area contributed by atoms with Crippen molar-refractivity contribution in [1.82, 2.24) is 56.2 Å². The van der Waals surface area contributed by atoms with Crippen molar-refractivity contribution in [2.45, 2.75) is 97.6 Å². The van der Waals surface area contributed by atoms with Crippen LogP contribution in [0.4, 0.5) is 0 Å². The van der Waals surface area contributed by atoms with Crippen molar-refractivity contribution in [2.24, 2.45) is 11.8 Å². The summed E-state index contributed by atoms with van der Waals surface area (Å²) in [5.74, 6) is -0.0338. The van der Waals surface area contributed by atoms with Crippen LogP contribution in [0.3, 0.4) is 0 Å². The van der Waals surface area contributed by atoms with Gasteiger partial charge in [0.05, 0.1) is 18.6 Å². The van der Waals surface area contributed by atoms with Crippen LogP contribution < -0.4 is 26.0 Å². The summed E-state index contributed by atoms with van der Waals surface area (Å²) >= 11 is 0. The fourth-order valence-electron chi connectivity index (χ4n) is 6.21. The van der Waals surface area contributed by atoms with E-state index in [0.717, 1.165) is 11.1 Å². The van der Waals surface area contributed by atoms with Gasteiger partial charge in [-0.3, -0.25) is 19.2 Å². The van der Waals surface area contributed by atoms with Gasteiger partial charge < -0.3 is 26.0 Å². The molecule has 4 atom stereocenters. The minimum absolute atomic E-state index is 0.0276. The summed E-state index contributed by atoms with van der Waals surface area (Å²) in [4.78, 5) is 59.7. The minimum atomic E-state index is -1.02. The molecule has 4 heterocycles. The Morgan fingerprint density at radius 1 is 0.981 bits per heavy atom. The Morgan fingerprint density at radius 2 is 1.74 bits per heavy atom. The van der Waals surface area contributed by atoms with Crippen LogP contribution in [0.1, 0.15) is 69.4 Å². The molecule has 2 aliphatic heterocycles. The first-order valence-electron chi connectivity index (χ1n) is 18.0. The largest absolute Gasteiger partial charge is 0.491 e. The van der Waals surface area contributed by atoms with E-state index in [1.807, 2.05) is 56.3 Å². The first-order valence-corrected chi connectivity index (χ1v) is 18.0. The molecule has 0 saturated carbocycles. The molecule has 0 radical (unpaired) electrons. The summed E-state index contributed by atoms with van der Waals surface area (Å²) in [7, 11) is 0. The van der Waals surface area contributed by atoms with Crippen LogP contribution in [0.25, 0.3) is 0 Å². The van der Waals surface area contributed by atoms with E-state index in [1.54, 1.807) is 19.1 Å². The molecule has 53 heavy (non-hydrogen) atoms. The van der Waals surface area contributed by atoms with Crippen molar-refractivity contribution in [3.63, 3.8) is 0 Å². The van der Waals surface area contributed by atoms with E-state index in [0.29, 0.717) is 23.8 Å². The molecule has 2 aromatic heterocycles. The molecule has 16 heteroatoms. The number of ether oxygens (including phenoxy) is 1. The molecule has 2 bridgehead atoms. The second-order valence-electron chi connectivity index (χ2n) is 14.2. The molecular weight excluding hydrogens is 678 g/mol. The number of amides is 4. The molecule has 2 aliphatic rings. The number of fused-ring (bicyclic) bond motifs is 14. The molecule has 6 rings (SSSR count). The number of benzene rings is 2. The van der Waals surface area contributed by atoms with Crippen LogP contribution in [0.2, 0.25) is 0 Å². The van der Waals surface area contributed by atoms with E-state index < -0.39 is 29.9 Å². The third-order valence-electron chi connectivity index (χ3n) is 8.80. The molecule has 0 spiro atoms. The molecule has 0 fully saturated rings. The Balaban J connectivity index is 1.49. The van der Waals surface area contributed by atoms with Crippen LogP contribution in [0, 0.1) is 18.8 Å². The van der Waals surface area contributed by atoms with Crippen molar-refractivity contribution in [1.29, 1.82) is 0 Å². The maximum atomic E-state index is 14.3. The van der Waals surface area contributed by atoms with Crippen molar-refractivity contribution >= 4 is 23.6 Å². The summed E-state index contributed by atoms with van der Waals surface area (Å²) in [6.45, 7) is 10.1. The highest BCUT2D eigenvalue weighted by molar-refractivity contribution is 5.92. The van der Waals surface area contributed by atoms with Gasteiger partial charge in [-0.1, -0.05) is 70.2 Å². The highest BCUT2D eigenvalue weighted by atomic mass is 16.5. The fraction of sp³-hybridized carbons (Fsp3) is 0.486. The van der Waals surface area contributed by atoms with Crippen molar-refractivity contribution in [2.75, 3.05) is 6.61 Å². The lowest BCUT2D eigenvalue weighted by Crippen LogP contribution is -2.55. The fourth-order valence-corrected chi connectivity index (χ4v) is 6.21. The summed E-state index contributed by atoms with van der Waals surface area (Å²) in [5, 5.41) is 27.5. The molecule has 0 unspecified atom stereocenters. The lowest BCUT2D eigenvalue weighted by molar-refractivity contribution is -0.132. The average molecular weight is 728 g/mol. The number of carbonyl (C=O) groups excluding carboxylic acids is 4. The van der Waals surface area contributed by atoms with Gasteiger partial charge in [0.15, 0.2) is 5.82 Å². The van der Waals surface area contributed by atoms with Gasteiger partial charge in [0, 0.05) is 19.3 Å². The summed E-state index contributed by atoms with van der Waals surface area (Å²) in [6.07, 6.45) is 2.44. The second kappa shape index (κ2) is 18.2. The third-order valence-corrected chi connectivity index (χ3v) is 8.80. The summed E-state index contributed by atoms with van der Waals surface area (Å²) in [6, 6.07) is 13.6. The smallest absolute Gasteiger partial charge is 0.243 e. The number of aromatic nitrogens is 7. The van der Waals surface area contributed by atoms with Gasteiger partial charge in [-0.25, -0.2) is 14.3 Å². The lowest BCUT2D eigenvalue weighted by atomic mass is 10.00. The standard InChI is InChI=1S/C37H49N11O5/c1-23(2)17-28-21-53-29-13-11-27(12-14-29)19-30(41-32(49)15-16-47-22-38-45-46-47)36(51)42-31(18-26-9-7-6-8-10-26)37(52)43-34(24(3)4)35-39-25(5)44-48(35)20-33(50)40-28/h6-14,22-24,28,30-31,34H,15-21H2,1-5H3,(H,40,50)(H,41,49)(H,42,51)(H,43,52)/t28-,30-,31-,34-/m0/s1. The Morgan fingerprint density at radius 3 is 2.42 bits per heavy atom. The molecule has 0 saturated heterocycles. The maximum Gasteiger partial charge on any atom is 0.243 e. The highest BCUT2D eigenvalue weighted by Crippen LogP contribution is 2.22. The Labute approximate surface area is 308 Å². The molecular formula is C37H49N11O5. The predicted octanol–water partition coefficient (Wildman–Crippen LogP) is 1.85. The summed E-state index contributed by atoms with van der Waals surface area (Å²) < 4.78 is 9.07. The number of hydrogen-bond donors (Lipinski definition) is 4. The number of carbonyl (C=O) groups is 4. The number of nitrogens with zero attached hydrogens (tertiary/aromatic N) is 7. The van der Waals surface area contributed by atoms with Crippen molar-refractivity contribution in [3.05, 3.63) is 83.7 Å². The zero-order chi connectivity index (χ0) is 37.9. The number of tetrazole rings is 1. The SMILES string of the molecule is Cc1nc2n(n1)CC(=O)N[C@@H](CC(C)C)COc1ccc(cc1)C[C@H](NC(=O)CCn1cnnn1)C(=O)N[C@@H](Cc1ccccc1)C(=O)N[C@H]2C(C)C. The van der Waals surface area contributed by atoms with Crippen molar-refractivity contribution < 1.29 is 23.9 Å². The summed E-state index contributed by atoms with van der Waals surface area (Å²) in [5.41, 5.74) is 1.59. The van der Waals surface area contributed by atoms with E-state index in [-0.39, 0.29) is 68.7 Å². The van der Waals surface area contributed by atoms with Crippen LogP contribution >= 0.6 is 0 Å². The monoisotopic (exact) mass is 727 g/mol. The molecule has 4 aromatic rings. The topological polar surface area (TPSA) is 200 Å². The van der Waals surface area contributed by atoms with E-state index in [2.05, 4.69) is 60.7 Å². The van der Waals surface area contributed by atoms with Gasteiger partial charge in [0.2, 0.25) is 23.6 Å². The van der Waals surface area contributed by atoms with Crippen LogP contribution in [-0.2, 0) is 45.1 Å². The zero-order valence-electron chi connectivity index (χ0n) is 30.9. The minimum Gasteiger partial charge on any atom is -0.491 e. The van der Waals surface area contributed by atoms with Gasteiger partial charge in [0.25, 0.3) is 0 Å². The maximum absolute atomic E-state index is 14.3. The van der Waals surface area contributed by atoms with E-state index in [4.69, 9.17) is 4.74 Å². The van der Waals surface area contributed by atoms with Gasteiger partial charge in [-0.05, 0) is 58.9 Å². The van der Waals surface area contributed by atoms with Gasteiger partial charge in [0.1, 0.15) is 43.1 Å². The quantitative estimate of drug-likeness (QED) is 0.197. The van der Waals surface area contributed by atoms with Crippen LogP contribution in [0.15, 0.2) is 60.9 Å². The third kappa shape index (κ3) is 11.4. The Hall–Kier alpha value is -5.67. The van der Waals surface area contributed by atoms with E-state index >= 15 is 0 Å². The van der Waals surface area contributed by atoms with Crippen LogP contribution in [-0.4, -0.2) is 83.3 Å². The first-order chi connectivity index (χ1) is 25.4. The lowest BCUT2D eigenvalue weighted by Gasteiger charge is -2.27. The van der Waals surface area contributed by atoms with Gasteiger partial charge in [-0.2, -0.15) is 5.10 Å². The Bertz CT molecular complexity index is 1810.